The molecular formula is C17H19N4O3PS. The van der Waals surface area contributed by atoms with Gasteiger partial charge in [0, 0.05) is 32.0 Å². The minimum Gasteiger partial charge on any atom is -0.367 e. The van der Waals surface area contributed by atoms with E-state index in [1.165, 1.54) is 14.2 Å². The molecule has 7 nitrogen and oxygen atoms in total. The number of aromatic nitrogens is 3. The summed E-state index contributed by atoms with van der Waals surface area (Å²) in [5, 5.41) is 3.27. The van der Waals surface area contributed by atoms with E-state index in [9.17, 15) is 4.57 Å². The predicted octanol–water partition coefficient (Wildman–Crippen LogP) is 4.56. The SMILES string of the molecule is COP(=O)(OC)C(Nc1ccc2scnc2c1)c1ccnc(C2CC2)n1. The van der Waals surface area contributed by atoms with Crippen molar-refractivity contribution >= 4 is 34.8 Å². The van der Waals surface area contributed by atoms with Gasteiger partial charge in [0.15, 0.2) is 5.78 Å². The van der Waals surface area contributed by atoms with Gasteiger partial charge in [-0.2, -0.15) is 0 Å². The second kappa shape index (κ2) is 7.04. The van der Waals surface area contributed by atoms with Crippen molar-refractivity contribution in [2.45, 2.75) is 24.5 Å². The van der Waals surface area contributed by atoms with Crippen molar-refractivity contribution in [1.82, 2.24) is 15.0 Å². The van der Waals surface area contributed by atoms with Crippen LogP contribution in [0, 0.1) is 0 Å². The highest BCUT2D eigenvalue weighted by Gasteiger charge is 2.38. The molecule has 0 radical (unpaired) electrons. The quantitative estimate of drug-likeness (QED) is 0.592. The van der Waals surface area contributed by atoms with Gasteiger partial charge in [0.25, 0.3) is 0 Å². The lowest BCUT2D eigenvalue weighted by atomic mass is 10.3. The summed E-state index contributed by atoms with van der Waals surface area (Å²) < 4.78 is 24.8. The van der Waals surface area contributed by atoms with Crippen LogP contribution in [0.15, 0.2) is 36.0 Å². The van der Waals surface area contributed by atoms with E-state index in [-0.39, 0.29) is 0 Å². The number of nitrogens with one attached hydrogen (secondary N) is 1. The first-order valence-corrected chi connectivity index (χ1v) is 10.8. The number of hydrogen-bond donors (Lipinski definition) is 1. The van der Waals surface area contributed by atoms with Gasteiger partial charge in [-0.15, -0.1) is 11.3 Å². The van der Waals surface area contributed by atoms with Crippen LogP contribution >= 0.6 is 18.9 Å². The highest BCUT2D eigenvalue weighted by molar-refractivity contribution is 7.54. The molecule has 136 valence electrons. The summed E-state index contributed by atoms with van der Waals surface area (Å²) in [6.45, 7) is 0. The first kappa shape index (κ1) is 17.5. The third kappa shape index (κ3) is 3.38. The molecule has 3 aromatic rings. The minimum atomic E-state index is -3.47. The Kier molecular flexibility index (Phi) is 4.75. The fourth-order valence-electron chi connectivity index (χ4n) is 2.78. The molecule has 0 aliphatic heterocycles. The summed E-state index contributed by atoms with van der Waals surface area (Å²) in [4.78, 5) is 13.3. The summed E-state index contributed by atoms with van der Waals surface area (Å²) >= 11 is 1.57. The Balaban J connectivity index is 1.72. The zero-order chi connectivity index (χ0) is 18.1. The van der Waals surface area contributed by atoms with Crippen LogP contribution in [0.3, 0.4) is 0 Å². The van der Waals surface area contributed by atoms with E-state index in [0.717, 1.165) is 34.6 Å². The molecule has 26 heavy (non-hydrogen) atoms. The maximum Gasteiger partial charge on any atom is 0.358 e. The lowest BCUT2D eigenvalue weighted by Crippen LogP contribution is -2.16. The molecule has 1 saturated carbocycles. The Labute approximate surface area is 155 Å². The van der Waals surface area contributed by atoms with Gasteiger partial charge in [0.1, 0.15) is 5.82 Å². The molecule has 1 N–H and O–H groups in total. The molecule has 2 heterocycles. The van der Waals surface area contributed by atoms with Gasteiger partial charge >= 0.3 is 7.60 Å². The predicted molar refractivity (Wildman–Crippen MR) is 102 cm³/mol. The second-order valence-corrected chi connectivity index (χ2v) is 9.31. The fourth-order valence-corrected chi connectivity index (χ4v) is 4.79. The lowest BCUT2D eigenvalue weighted by Gasteiger charge is -2.26. The van der Waals surface area contributed by atoms with Crippen molar-refractivity contribution in [3.63, 3.8) is 0 Å². The van der Waals surface area contributed by atoms with Crippen LogP contribution in [0.2, 0.25) is 0 Å². The van der Waals surface area contributed by atoms with E-state index in [1.54, 1.807) is 29.1 Å². The molecule has 0 saturated heterocycles. The van der Waals surface area contributed by atoms with Gasteiger partial charge in [-0.05, 0) is 37.1 Å². The third-order valence-electron chi connectivity index (χ3n) is 4.38. The van der Waals surface area contributed by atoms with E-state index in [2.05, 4.69) is 20.3 Å². The average molecular weight is 390 g/mol. The van der Waals surface area contributed by atoms with Crippen LogP contribution in [0.1, 0.15) is 36.1 Å². The minimum absolute atomic E-state index is 0.395. The molecule has 9 heteroatoms. The number of nitrogens with zero attached hydrogens (tertiary/aromatic N) is 3. The number of benzene rings is 1. The van der Waals surface area contributed by atoms with Gasteiger partial charge in [-0.3, -0.25) is 4.57 Å². The first-order valence-electron chi connectivity index (χ1n) is 8.27. The molecule has 4 rings (SSSR count). The molecule has 1 unspecified atom stereocenters. The molecule has 1 aliphatic rings. The summed E-state index contributed by atoms with van der Waals surface area (Å²) in [6.07, 6.45) is 3.88. The van der Waals surface area contributed by atoms with Crippen LogP contribution in [0.4, 0.5) is 5.69 Å². The lowest BCUT2D eigenvalue weighted by molar-refractivity contribution is 0.268. The molecular weight excluding hydrogens is 371 g/mol. The second-order valence-electron chi connectivity index (χ2n) is 6.10. The monoisotopic (exact) mass is 390 g/mol. The third-order valence-corrected chi connectivity index (χ3v) is 7.23. The Bertz CT molecular complexity index is 967. The zero-order valence-corrected chi connectivity index (χ0v) is 16.2. The summed E-state index contributed by atoms with van der Waals surface area (Å²) in [5.74, 6) is 0.434. The normalized spacial score (nSPS) is 15.9. The summed E-state index contributed by atoms with van der Waals surface area (Å²) in [5.41, 5.74) is 4.04. The highest BCUT2D eigenvalue weighted by Crippen LogP contribution is 2.59. The van der Waals surface area contributed by atoms with Crippen molar-refractivity contribution in [3.8, 4) is 0 Å². The fraction of sp³-hybridized carbons (Fsp3) is 0.353. The Morgan fingerprint density at radius 3 is 2.77 bits per heavy atom. The number of anilines is 1. The Morgan fingerprint density at radius 2 is 2.04 bits per heavy atom. The van der Waals surface area contributed by atoms with Crippen molar-refractivity contribution in [2.75, 3.05) is 19.5 Å². The van der Waals surface area contributed by atoms with Gasteiger partial charge in [-0.25, -0.2) is 15.0 Å². The van der Waals surface area contributed by atoms with Gasteiger partial charge in [-0.1, -0.05) is 0 Å². The molecule has 1 aliphatic carbocycles. The maximum absolute atomic E-state index is 13.2. The van der Waals surface area contributed by atoms with E-state index in [0.29, 0.717) is 11.6 Å². The van der Waals surface area contributed by atoms with E-state index < -0.39 is 13.4 Å². The number of fused-ring (bicyclic) bond motifs is 1. The van der Waals surface area contributed by atoms with Gasteiger partial charge in [0.05, 0.1) is 21.4 Å². The molecule has 1 fully saturated rings. The Morgan fingerprint density at radius 1 is 1.23 bits per heavy atom. The molecule has 0 amide bonds. The summed E-state index contributed by atoms with van der Waals surface area (Å²) in [7, 11) is -0.712. The van der Waals surface area contributed by atoms with E-state index in [1.807, 2.05) is 18.2 Å². The highest BCUT2D eigenvalue weighted by atomic mass is 32.1. The van der Waals surface area contributed by atoms with Crippen molar-refractivity contribution in [3.05, 3.63) is 47.5 Å². The van der Waals surface area contributed by atoms with Crippen molar-refractivity contribution < 1.29 is 13.6 Å². The van der Waals surface area contributed by atoms with E-state index >= 15 is 0 Å². The smallest absolute Gasteiger partial charge is 0.358 e. The average Bonchev–Trinajstić information content (AvgIpc) is 3.43. The summed E-state index contributed by atoms with van der Waals surface area (Å²) in [6, 6.07) is 7.56. The van der Waals surface area contributed by atoms with Crippen LogP contribution in [-0.2, 0) is 13.6 Å². The maximum atomic E-state index is 13.2. The number of thiazole rings is 1. The van der Waals surface area contributed by atoms with Gasteiger partial charge < -0.3 is 14.4 Å². The largest absolute Gasteiger partial charge is 0.367 e. The molecule has 1 aromatic carbocycles. The first-order chi connectivity index (χ1) is 12.6. The Hall–Kier alpha value is -1.86. The molecule has 1 atom stereocenters. The van der Waals surface area contributed by atoms with E-state index in [4.69, 9.17) is 9.05 Å². The molecule has 0 bridgehead atoms. The van der Waals surface area contributed by atoms with Crippen LogP contribution in [-0.4, -0.2) is 29.2 Å². The van der Waals surface area contributed by atoms with Crippen molar-refractivity contribution in [1.29, 1.82) is 0 Å². The zero-order valence-electron chi connectivity index (χ0n) is 14.5. The molecule has 0 spiro atoms. The number of hydrogen-bond acceptors (Lipinski definition) is 8. The topological polar surface area (TPSA) is 86.2 Å². The standard InChI is InChI=1S/C17H19N4O3PS/c1-23-25(22,24-2)17(13-7-8-18-16(21-13)11-3-4-11)20-12-5-6-15-14(9-12)19-10-26-15/h5-11,17,20H,3-4H2,1-2H3. The van der Waals surface area contributed by atoms with Crippen molar-refractivity contribution in [2.24, 2.45) is 0 Å². The van der Waals surface area contributed by atoms with Crippen LogP contribution < -0.4 is 5.32 Å². The van der Waals surface area contributed by atoms with Gasteiger partial charge in [0.2, 0.25) is 0 Å². The number of rotatable bonds is 7. The van der Waals surface area contributed by atoms with Crippen LogP contribution in [0.25, 0.3) is 10.2 Å². The van der Waals surface area contributed by atoms with Crippen LogP contribution in [0.5, 0.6) is 0 Å². The molecule has 2 aromatic heterocycles.